The predicted octanol–water partition coefficient (Wildman–Crippen LogP) is 2.15. The van der Waals surface area contributed by atoms with Gasteiger partial charge in [-0.15, -0.1) is 0 Å². The molecule has 0 saturated carbocycles. The van der Waals surface area contributed by atoms with E-state index in [2.05, 4.69) is 17.6 Å². The second-order valence-corrected chi connectivity index (χ2v) is 5.39. The zero-order valence-corrected chi connectivity index (χ0v) is 11.6. The predicted molar refractivity (Wildman–Crippen MR) is 73.3 cm³/mol. The summed E-state index contributed by atoms with van der Waals surface area (Å²) in [6.45, 7) is 2.65. The molecule has 110 valence electrons. The monoisotopic (exact) mass is 282 g/mol. The molecule has 2 unspecified atom stereocenters. The Bertz CT molecular complexity index is 479. The molecule has 1 heterocycles. The number of rotatable bonds is 4. The van der Waals surface area contributed by atoms with Crippen molar-refractivity contribution in [1.29, 1.82) is 0 Å². The van der Waals surface area contributed by atoms with Gasteiger partial charge in [-0.25, -0.2) is 8.78 Å². The van der Waals surface area contributed by atoms with Crippen LogP contribution in [0.25, 0.3) is 0 Å². The van der Waals surface area contributed by atoms with Crippen molar-refractivity contribution in [2.45, 2.75) is 44.7 Å². The molecule has 2 rings (SSSR count). The highest BCUT2D eigenvalue weighted by Gasteiger charge is 2.18. The summed E-state index contributed by atoms with van der Waals surface area (Å²) in [5.74, 6) is -2.14. The summed E-state index contributed by atoms with van der Waals surface area (Å²) in [5, 5.41) is 6.18. The largest absolute Gasteiger partial charge is 0.354 e. The maximum atomic E-state index is 13.4. The molecule has 0 aromatic heterocycles. The summed E-state index contributed by atoms with van der Waals surface area (Å²) in [7, 11) is 0. The van der Waals surface area contributed by atoms with Gasteiger partial charge in [0.05, 0.1) is 6.42 Å². The first kappa shape index (κ1) is 14.9. The summed E-state index contributed by atoms with van der Waals surface area (Å²) in [5.41, 5.74) is 0.0903. The summed E-state index contributed by atoms with van der Waals surface area (Å²) >= 11 is 0. The fourth-order valence-corrected chi connectivity index (χ4v) is 2.56. The summed E-state index contributed by atoms with van der Waals surface area (Å²) in [6, 6.07) is 4.61. The number of halogens is 2. The zero-order valence-electron chi connectivity index (χ0n) is 11.6. The molecule has 2 atom stereocenters. The second-order valence-electron chi connectivity index (χ2n) is 5.39. The van der Waals surface area contributed by atoms with Crippen molar-refractivity contribution in [1.82, 2.24) is 10.6 Å². The number of hydrogen-bond donors (Lipinski definition) is 2. The van der Waals surface area contributed by atoms with Gasteiger partial charge in [-0.05, 0) is 25.8 Å². The van der Waals surface area contributed by atoms with Crippen molar-refractivity contribution in [3.05, 3.63) is 35.4 Å². The highest BCUT2D eigenvalue weighted by atomic mass is 19.2. The van der Waals surface area contributed by atoms with E-state index in [1.807, 2.05) is 0 Å². The van der Waals surface area contributed by atoms with E-state index in [9.17, 15) is 13.6 Å². The number of piperidine rings is 1. The molecular weight excluding hydrogens is 262 g/mol. The van der Waals surface area contributed by atoms with Crippen molar-refractivity contribution in [2.24, 2.45) is 0 Å². The fraction of sp³-hybridized carbons (Fsp3) is 0.533. The van der Waals surface area contributed by atoms with Gasteiger partial charge >= 0.3 is 0 Å². The van der Waals surface area contributed by atoms with Gasteiger partial charge in [0.2, 0.25) is 5.91 Å². The molecule has 1 aromatic carbocycles. The molecule has 1 aliphatic rings. The number of hydrogen-bond acceptors (Lipinski definition) is 2. The standard InChI is InChI=1S/C15H20F2N2O/c1-10-4-2-6-12(19-10)9-18-14(20)8-11-5-3-7-13(16)15(11)17/h3,5,7,10,12,19H,2,4,6,8-9H2,1H3,(H,18,20). The minimum atomic E-state index is -0.938. The molecule has 0 radical (unpaired) electrons. The van der Waals surface area contributed by atoms with Gasteiger partial charge in [0, 0.05) is 24.2 Å². The Morgan fingerprint density at radius 2 is 2.20 bits per heavy atom. The van der Waals surface area contributed by atoms with Crippen LogP contribution in [0.1, 0.15) is 31.7 Å². The number of carbonyl (C=O) groups is 1. The molecule has 20 heavy (non-hydrogen) atoms. The Morgan fingerprint density at radius 1 is 1.40 bits per heavy atom. The first-order valence-electron chi connectivity index (χ1n) is 7.02. The first-order chi connectivity index (χ1) is 9.56. The molecule has 2 N–H and O–H groups in total. The number of nitrogens with one attached hydrogen (secondary N) is 2. The highest BCUT2D eigenvalue weighted by Crippen LogP contribution is 2.13. The molecule has 1 aromatic rings. The second kappa shape index (κ2) is 6.79. The molecule has 0 bridgehead atoms. The van der Waals surface area contributed by atoms with Crippen LogP contribution in [0.5, 0.6) is 0 Å². The number of carbonyl (C=O) groups excluding carboxylic acids is 1. The molecule has 1 saturated heterocycles. The lowest BCUT2D eigenvalue weighted by atomic mass is 9.99. The minimum Gasteiger partial charge on any atom is -0.354 e. The van der Waals surface area contributed by atoms with E-state index in [4.69, 9.17) is 0 Å². The van der Waals surface area contributed by atoms with Crippen LogP contribution in [0.4, 0.5) is 8.78 Å². The van der Waals surface area contributed by atoms with Crippen LogP contribution in [0, 0.1) is 11.6 Å². The lowest BCUT2D eigenvalue weighted by molar-refractivity contribution is -0.120. The third-order valence-corrected chi connectivity index (χ3v) is 3.64. The highest BCUT2D eigenvalue weighted by molar-refractivity contribution is 5.78. The number of amides is 1. The fourth-order valence-electron chi connectivity index (χ4n) is 2.56. The van der Waals surface area contributed by atoms with Gasteiger partial charge in [-0.2, -0.15) is 0 Å². The third-order valence-electron chi connectivity index (χ3n) is 3.64. The molecule has 0 aliphatic carbocycles. The SMILES string of the molecule is CC1CCCC(CNC(=O)Cc2cccc(F)c2F)N1. The maximum absolute atomic E-state index is 13.4. The van der Waals surface area contributed by atoms with Gasteiger partial charge in [0.15, 0.2) is 11.6 Å². The molecule has 1 amide bonds. The Kier molecular flexibility index (Phi) is 5.06. The third kappa shape index (κ3) is 4.00. The van der Waals surface area contributed by atoms with Crippen molar-refractivity contribution in [3.8, 4) is 0 Å². The summed E-state index contributed by atoms with van der Waals surface area (Å²) in [6.07, 6.45) is 3.19. The van der Waals surface area contributed by atoms with Crippen LogP contribution < -0.4 is 10.6 Å². The molecule has 1 aliphatic heterocycles. The number of benzene rings is 1. The van der Waals surface area contributed by atoms with Crippen LogP contribution in [0.2, 0.25) is 0 Å². The molecular formula is C15H20F2N2O. The van der Waals surface area contributed by atoms with Crippen molar-refractivity contribution in [2.75, 3.05) is 6.54 Å². The van der Waals surface area contributed by atoms with Crippen LogP contribution >= 0.6 is 0 Å². The average molecular weight is 282 g/mol. The van der Waals surface area contributed by atoms with E-state index < -0.39 is 11.6 Å². The topological polar surface area (TPSA) is 41.1 Å². The van der Waals surface area contributed by atoms with Gasteiger partial charge in [-0.3, -0.25) is 4.79 Å². The lowest BCUT2D eigenvalue weighted by Gasteiger charge is -2.28. The van der Waals surface area contributed by atoms with Gasteiger partial charge in [0.1, 0.15) is 0 Å². The van der Waals surface area contributed by atoms with Gasteiger partial charge in [0.25, 0.3) is 0 Å². The van der Waals surface area contributed by atoms with Crippen molar-refractivity contribution < 1.29 is 13.6 Å². The van der Waals surface area contributed by atoms with E-state index in [0.717, 1.165) is 25.3 Å². The van der Waals surface area contributed by atoms with E-state index >= 15 is 0 Å². The Morgan fingerprint density at radius 3 is 2.95 bits per heavy atom. The Labute approximate surface area is 117 Å². The van der Waals surface area contributed by atoms with Crippen molar-refractivity contribution in [3.63, 3.8) is 0 Å². The molecule has 5 heteroatoms. The average Bonchev–Trinajstić information content (AvgIpc) is 2.42. The molecule has 1 fully saturated rings. The minimum absolute atomic E-state index is 0.0903. The molecule has 3 nitrogen and oxygen atoms in total. The lowest BCUT2D eigenvalue weighted by Crippen LogP contribution is -2.47. The normalized spacial score (nSPS) is 22.6. The van der Waals surface area contributed by atoms with Gasteiger partial charge in [-0.1, -0.05) is 18.6 Å². The van der Waals surface area contributed by atoms with E-state index in [-0.39, 0.29) is 23.9 Å². The Hall–Kier alpha value is -1.49. The van der Waals surface area contributed by atoms with E-state index in [1.54, 1.807) is 0 Å². The van der Waals surface area contributed by atoms with E-state index in [1.165, 1.54) is 12.1 Å². The quantitative estimate of drug-likeness (QED) is 0.888. The van der Waals surface area contributed by atoms with Gasteiger partial charge < -0.3 is 10.6 Å². The van der Waals surface area contributed by atoms with Crippen LogP contribution in [-0.4, -0.2) is 24.5 Å². The smallest absolute Gasteiger partial charge is 0.224 e. The van der Waals surface area contributed by atoms with Crippen molar-refractivity contribution >= 4 is 5.91 Å². The van der Waals surface area contributed by atoms with E-state index in [0.29, 0.717) is 12.6 Å². The van der Waals surface area contributed by atoms with Crippen LogP contribution in [0.15, 0.2) is 18.2 Å². The summed E-state index contributed by atoms with van der Waals surface area (Å²) in [4.78, 5) is 11.8. The van der Waals surface area contributed by atoms with Crippen LogP contribution in [-0.2, 0) is 11.2 Å². The summed E-state index contributed by atoms with van der Waals surface area (Å²) < 4.78 is 26.5. The maximum Gasteiger partial charge on any atom is 0.224 e. The van der Waals surface area contributed by atoms with Crippen LogP contribution in [0.3, 0.4) is 0 Å². The first-order valence-corrected chi connectivity index (χ1v) is 7.02. The molecule has 0 spiro atoms. The zero-order chi connectivity index (χ0) is 14.5. The Balaban J connectivity index is 1.82.